The van der Waals surface area contributed by atoms with Crippen molar-refractivity contribution < 1.29 is 4.79 Å². The molecule has 2 aromatic rings. The summed E-state index contributed by atoms with van der Waals surface area (Å²) in [5, 5.41) is 10.5. The third-order valence-corrected chi connectivity index (χ3v) is 3.71. The van der Waals surface area contributed by atoms with Gasteiger partial charge < -0.3 is 0 Å². The summed E-state index contributed by atoms with van der Waals surface area (Å²) in [5.74, 6) is 1.42. The number of rotatable bonds is 4. The van der Waals surface area contributed by atoms with Crippen molar-refractivity contribution in [2.24, 2.45) is 0 Å². The van der Waals surface area contributed by atoms with Crippen LogP contribution in [0.4, 0.5) is 0 Å². The van der Waals surface area contributed by atoms with Crippen molar-refractivity contribution in [3.05, 3.63) is 28.2 Å². The minimum Gasteiger partial charge on any atom is -0.266 e. The lowest BCUT2D eigenvalue weighted by Crippen LogP contribution is -2.24. The van der Waals surface area contributed by atoms with Crippen LogP contribution in [0.3, 0.4) is 0 Å². The van der Waals surface area contributed by atoms with E-state index in [2.05, 4.69) is 15.6 Å². The van der Waals surface area contributed by atoms with Gasteiger partial charge in [0, 0.05) is 0 Å². The number of nitrogens with one attached hydrogen (secondary N) is 1. The van der Waals surface area contributed by atoms with Crippen molar-refractivity contribution in [1.82, 2.24) is 14.9 Å². The number of carbonyl (C=O) groups excluding carboxylic acids is 1. The molecule has 2 aromatic heterocycles. The zero-order chi connectivity index (χ0) is 12.3. The first kappa shape index (κ1) is 12.1. The Morgan fingerprint density at radius 2 is 2.41 bits per heavy atom. The summed E-state index contributed by atoms with van der Waals surface area (Å²) in [4.78, 5) is 12.6. The first-order valence-electron chi connectivity index (χ1n) is 5.12. The molecule has 0 aliphatic rings. The van der Waals surface area contributed by atoms with Crippen LogP contribution < -0.4 is 5.43 Å². The van der Waals surface area contributed by atoms with Gasteiger partial charge in [-0.3, -0.25) is 10.2 Å². The number of hydrogen-bond donors (Lipinski definition) is 1. The Balaban J connectivity index is 2.18. The minimum atomic E-state index is -0.138. The number of amides is 1. The first-order chi connectivity index (χ1) is 8.22. The van der Waals surface area contributed by atoms with Gasteiger partial charge in [0.1, 0.15) is 5.82 Å². The molecule has 0 radical (unpaired) electrons. The van der Waals surface area contributed by atoms with E-state index in [9.17, 15) is 4.79 Å². The van der Waals surface area contributed by atoms with Crippen LogP contribution in [0, 0.1) is 6.92 Å². The summed E-state index contributed by atoms with van der Waals surface area (Å²) >= 11 is 2.94. The second kappa shape index (κ2) is 5.33. The zero-order valence-electron chi connectivity index (χ0n) is 9.51. The lowest BCUT2D eigenvalue weighted by atomic mass is 10.4. The number of thiophene rings is 1. The van der Waals surface area contributed by atoms with Gasteiger partial charge in [0.15, 0.2) is 0 Å². The monoisotopic (exact) mass is 268 g/mol. The van der Waals surface area contributed by atoms with E-state index in [1.165, 1.54) is 11.3 Å². The highest BCUT2D eigenvalue weighted by atomic mass is 32.2. The molecule has 5 nitrogen and oxygen atoms in total. The van der Waals surface area contributed by atoms with Crippen molar-refractivity contribution >= 4 is 29.0 Å². The standard InChI is InChI=1S/C10H12N4OS2/c1-3-16-10-12-11-7(2)14(10)13-9(15)8-5-4-6-17-8/h4-6H,3H2,1-2H3,(H,13,15). The van der Waals surface area contributed by atoms with Gasteiger partial charge in [-0.25, -0.2) is 4.68 Å². The molecule has 0 bridgehead atoms. The molecule has 0 atom stereocenters. The van der Waals surface area contributed by atoms with Crippen molar-refractivity contribution in [3.63, 3.8) is 0 Å². The molecule has 0 aliphatic heterocycles. The fourth-order valence-corrected chi connectivity index (χ4v) is 2.54. The summed E-state index contributed by atoms with van der Waals surface area (Å²) < 4.78 is 1.62. The highest BCUT2D eigenvalue weighted by Gasteiger charge is 2.13. The van der Waals surface area contributed by atoms with E-state index >= 15 is 0 Å². The van der Waals surface area contributed by atoms with Crippen LogP contribution in [-0.4, -0.2) is 26.5 Å². The summed E-state index contributed by atoms with van der Waals surface area (Å²) in [7, 11) is 0. The molecule has 0 saturated carbocycles. The summed E-state index contributed by atoms with van der Waals surface area (Å²) in [6.45, 7) is 3.83. The summed E-state index contributed by atoms with van der Waals surface area (Å²) in [6, 6.07) is 3.63. The van der Waals surface area contributed by atoms with E-state index in [1.54, 1.807) is 29.4 Å². The molecule has 0 unspecified atom stereocenters. The van der Waals surface area contributed by atoms with Crippen LogP contribution in [0.15, 0.2) is 22.7 Å². The fourth-order valence-electron chi connectivity index (χ4n) is 1.26. The third kappa shape index (κ3) is 2.67. The second-order valence-corrected chi connectivity index (χ2v) is 5.40. The zero-order valence-corrected chi connectivity index (χ0v) is 11.1. The van der Waals surface area contributed by atoms with Gasteiger partial charge in [-0.2, -0.15) is 0 Å². The fraction of sp³-hybridized carbons (Fsp3) is 0.300. The predicted octanol–water partition coefficient (Wildman–Crippen LogP) is 2.14. The van der Waals surface area contributed by atoms with E-state index in [4.69, 9.17) is 0 Å². The van der Waals surface area contributed by atoms with E-state index in [0.717, 1.165) is 5.75 Å². The van der Waals surface area contributed by atoms with E-state index in [0.29, 0.717) is 15.9 Å². The summed E-state index contributed by atoms with van der Waals surface area (Å²) in [5.41, 5.74) is 2.79. The van der Waals surface area contributed by atoms with Crippen LogP contribution in [0.1, 0.15) is 22.4 Å². The average molecular weight is 268 g/mol. The minimum absolute atomic E-state index is 0.138. The number of aromatic nitrogens is 3. The van der Waals surface area contributed by atoms with Crippen LogP contribution in [0.5, 0.6) is 0 Å². The highest BCUT2D eigenvalue weighted by Crippen LogP contribution is 2.15. The molecule has 7 heteroatoms. The van der Waals surface area contributed by atoms with E-state index in [1.807, 2.05) is 18.4 Å². The Kier molecular flexibility index (Phi) is 3.80. The van der Waals surface area contributed by atoms with Gasteiger partial charge in [-0.05, 0) is 24.1 Å². The van der Waals surface area contributed by atoms with Crippen molar-refractivity contribution in [3.8, 4) is 0 Å². The van der Waals surface area contributed by atoms with Crippen LogP contribution in [0.2, 0.25) is 0 Å². The smallest absolute Gasteiger partial charge is 0.266 e. The van der Waals surface area contributed by atoms with Gasteiger partial charge in [-0.1, -0.05) is 24.8 Å². The van der Waals surface area contributed by atoms with Crippen LogP contribution in [-0.2, 0) is 0 Å². The van der Waals surface area contributed by atoms with Crippen LogP contribution >= 0.6 is 23.1 Å². The third-order valence-electron chi connectivity index (χ3n) is 2.03. The topological polar surface area (TPSA) is 59.8 Å². The molecule has 0 fully saturated rings. The largest absolute Gasteiger partial charge is 0.280 e. The molecular weight excluding hydrogens is 256 g/mol. The molecule has 0 saturated heterocycles. The normalized spacial score (nSPS) is 10.5. The van der Waals surface area contributed by atoms with Gasteiger partial charge in [-0.15, -0.1) is 21.5 Å². The van der Waals surface area contributed by atoms with Crippen LogP contribution in [0.25, 0.3) is 0 Å². The molecule has 1 N–H and O–H groups in total. The molecule has 90 valence electrons. The molecular formula is C10H12N4OS2. The number of carbonyl (C=O) groups is 1. The Bertz CT molecular complexity index is 506. The van der Waals surface area contributed by atoms with Gasteiger partial charge in [0.2, 0.25) is 5.16 Å². The highest BCUT2D eigenvalue weighted by molar-refractivity contribution is 7.99. The number of nitrogens with zero attached hydrogens (tertiary/aromatic N) is 3. The van der Waals surface area contributed by atoms with Gasteiger partial charge in [0.25, 0.3) is 5.91 Å². The Morgan fingerprint density at radius 3 is 3.06 bits per heavy atom. The Hall–Kier alpha value is -1.34. The Labute approximate surface area is 107 Å². The molecule has 2 heterocycles. The second-order valence-electron chi connectivity index (χ2n) is 3.22. The first-order valence-corrected chi connectivity index (χ1v) is 6.98. The molecule has 0 aromatic carbocycles. The molecule has 2 rings (SSSR count). The maximum atomic E-state index is 11.9. The van der Waals surface area contributed by atoms with E-state index in [-0.39, 0.29) is 5.91 Å². The summed E-state index contributed by atoms with van der Waals surface area (Å²) in [6.07, 6.45) is 0. The van der Waals surface area contributed by atoms with Gasteiger partial charge in [0.05, 0.1) is 4.88 Å². The quantitative estimate of drug-likeness (QED) is 0.863. The lowest BCUT2D eigenvalue weighted by Gasteiger charge is -2.08. The predicted molar refractivity (Wildman–Crippen MR) is 69.2 cm³/mol. The van der Waals surface area contributed by atoms with Crippen molar-refractivity contribution in [1.29, 1.82) is 0 Å². The SMILES string of the molecule is CCSc1nnc(C)n1NC(=O)c1cccs1. The number of hydrogen-bond acceptors (Lipinski definition) is 5. The Morgan fingerprint density at radius 1 is 1.59 bits per heavy atom. The maximum absolute atomic E-state index is 11.9. The van der Waals surface area contributed by atoms with E-state index < -0.39 is 0 Å². The van der Waals surface area contributed by atoms with Gasteiger partial charge >= 0.3 is 0 Å². The van der Waals surface area contributed by atoms with Crippen molar-refractivity contribution in [2.45, 2.75) is 19.0 Å². The number of aryl methyl sites for hydroxylation is 1. The maximum Gasteiger partial charge on any atom is 0.280 e. The lowest BCUT2D eigenvalue weighted by molar-refractivity contribution is 0.101. The molecule has 1 amide bonds. The number of thioether (sulfide) groups is 1. The molecule has 17 heavy (non-hydrogen) atoms. The average Bonchev–Trinajstić information content (AvgIpc) is 2.93. The van der Waals surface area contributed by atoms with Crippen molar-refractivity contribution in [2.75, 3.05) is 11.2 Å². The molecule has 0 spiro atoms. The molecule has 0 aliphatic carbocycles.